The minimum absolute atomic E-state index is 0.0320. The lowest BCUT2D eigenvalue weighted by atomic mass is 10.1. The molecule has 0 bridgehead atoms. The van der Waals surface area contributed by atoms with Crippen molar-refractivity contribution in [3.63, 3.8) is 0 Å². The molecule has 0 aliphatic heterocycles. The van der Waals surface area contributed by atoms with E-state index in [0.717, 1.165) is 32.0 Å². The number of amides is 1. The van der Waals surface area contributed by atoms with Gasteiger partial charge in [0.05, 0.1) is 19.8 Å². The van der Waals surface area contributed by atoms with Crippen LogP contribution in [0.3, 0.4) is 0 Å². The van der Waals surface area contributed by atoms with Crippen molar-refractivity contribution in [2.45, 2.75) is 24.7 Å². The van der Waals surface area contributed by atoms with Crippen LogP contribution in [0, 0.1) is 0 Å². The average molecular weight is 640 g/mol. The van der Waals surface area contributed by atoms with Gasteiger partial charge in [0, 0.05) is 5.69 Å². The predicted octanol–water partition coefficient (Wildman–Crippen LogP) is 3.79. The summed E-state index contributed by atoms with van der Waals surface area (Å²) in [5.41, 5.74) is 12.4. The van der Waals surface area contributed by atoms with Gasteiger partial charge in [-0.1, -0.05) is 91.0 Å². The number of aliphatic hydroxyl groups is 1. The number of anilines is 1. The van der Waals surface area contributed by atoms with Crippen molar-refractivity contribution in [1.29, 1.82) is 0 Å². The van der Waals surface area contributed by atoms with Crippen molar-refractivity contribution < 1.29 is 39.2 Å². The van der Waals surface area contributed by atoms with E-state index in [1.165, 1.54) is 0 Å². The summed E-state index contributed by atoms with van der Waals surface area (Å²) in [6.07, 6.45) is 0. The smallest absolute Gasteiger partial charge is 0.330 e. The van der Waals surface area contributed by atoms with Crippen LogP contribution in [0.15, 0.2) is 115 Å². The molecule has 5 aromatic carbocycles. The largest absolute Gasteiger partial charge is 0.491 e. The number of nitrogens with zero attached hydrogens (tertiary/aromatic N) is 1. The Morgan fingerprint density at radius 1 is 0.660 bits per heavy atom. The number of carboxylic acids is 2. The standard InChI is InChI=1S/C26H24N2O5.C10H13NO3/c27-23(15-29)25(30)28(21-11-9-17-5-1-3-7-19(17)13-21)24(26(31)32)16-33-22-12-10-18-6-2-4-8-20(18)14-22;11-9(10(12)13)7-14-6-8-4-2-1-3-5-8/h1-14,23-24,29H,15-16,27H2,(H,31,32);1-5,9H,6-7,11H2,(H,12,13)/t23-,24-;9-/m00/s1. The van der Waals surface area contributed by atoms with Gasteiger partial charge in [0.25, 0.3) is 0 Å². The van der Waals surface area contributed by atoms with Crippen LogP contribution in [-0.4, -0.2) is 71.1 Å². The molecule has 0 aromatic heterocycles. The zero-order valence-corrected chi connectivity index (χ0v) is 25.5. The summed E-state index contributed by atoms with van der Waals surface area (Å²) in [4.78, 5) is 36.7. The molecule has 244 valence electrons. The highest BCUT2D eigenvalue weighted by Crippen LogP contribution is 2.26. The summed E-state index contributed by atoms with van der Waals surface area (Å²) >= 11 is 0. The van der Waals surface area contributed by atoms with E-state index < -0.39 is 42.6 Å². The number of ether oxygens (including phenoxy) is 2. The number of benzene rings is 5. The Labute approximate surface area is 271 Å². The van der Waals surface area contributed by atoms with Crippen LogP contribution in [-0.2, 0) is 25.7 Å². The van der Waals surface area contributed by atoms with E-state index in [1.807, 2.05) is 91.0 Å². The van der Waals surface area contributed by atoms with E-state index in [9.17, 15) is 24.6 Å². The van der Waals surface area contributed by atoms with Crippen LogP contribution in [0.25, 0.3) is 21.5 Å². The second-order valence-corrected chi connectivity index (χ2v) is 10.6. The predicted molar refractivity (Wildman–Crippen MR) is 179 cm³/mol. The van der Waals surface area contributed by atoms with Crippen molar-refractivity contribution in [1.82, 2.24) is 0 Å². The number of carbonyl (C=O) groups is 3. The van der Waals surface area contributed by atoms with Crippen LogP contribution < -0.4 is 21.1 Å². The molecular weight excluding hydrogens is 602 g/mol. The van der Waals surface area contributed by atoms with Crippen LogP contribution in [0.4, 0.5) is 5.69 Å². The highest BCUT2D eigenvalue weighted by Gasteiger charge is 2.34. The van der Waals surface area contributed by atoms with Gasteiger partial charge in [-0.25, -0.2) is 4.79 Å². The molecule has 3 atom stereocenters. The third-order valence-corrected chi connectivity index (χ3v) is 7.21. The molecule has 0 saturated heterocycles. The van der Waals surface area contributed by atoms with Crippen molar-refractivity contribution in [2.75, 3.05) is 24.7 Å². The van der Waals surface area contributed by atoms with Crippen LogP contribution in [0.2, 0.25) is 0 Å². The lowest BCUT2D eigenvalue weighted by molar-refractivity contribution is -0.141. The zero-order chi connectivity index (χ0) is 33.8. The quantitative estimate of drug-likeness (QED) is 0.127. The monoisotopic (exact) mass is 639 g/mol. The van der Waals surface area contributed by atoms with E-state index in [-0.39, 0.29) is 13.2 Å². The number of aliphatic hydroxyl groups excluding tert-OH is 1. The van der Waals surface area contributed by atoms with Crippen molar-refractivity contribution in [3.05, 3.63) is 121 Å². The number of hydrogen-bond acceptors (Lipinski definition) is 8. The number of rotatable bonds is 13. The van der Waals surface area contributed by atoms with Crippen molar-refractivity contribution >= 4 is 45.1 Å². The second kappa shape index (κ2) is 16.8. The highest BCUT2D eigenvalue weighted by molar-refractivity contribution is 6.03. The minimum Gasteiger partial charge on any atom is -0.491 e. The fourth-order valence-corrected chi connectivity index (χ4v) is 4.68. The summed E-state index contributed by atoms with van der Waals surface area (Å²) in [5.74, 6) is -2.51. The van der Waals surface area contributed by atoms with E-state index in [0.29, 0.717) is 18.0 Å². The molecule has 5 rings (SSSR count). The molecule has 0 radical (unpaired) electrons. The van der Waals surface area contributed by atoms with Crippen LogP contribution in [0.1, 0.15) is 5.56 Å². The maximum atomic E-state index is 13.1. The maximum absolute atomic E-state index is 13.1. The molecule has 47 heavy (non-hydrogen) atoms. The molecule has 5 aromatic rings. The molecule has 0 aliphatic rings. The normalized spacial score (nSPS) is 12.7. The molecule has 11 heteroatoms. The van der Waals surface area contributed by atoms with E-state index in [1.54, 1.807) is 24.3 Å². The molecule has 11 nitrogen and oxygen atoms in total. The van der Waals surface area contributed by atoms with Crippen molar-refractivity contribution in [2.24, 2.45) is 11.5 Å². The Hall–Kier alpha value is -5.33. The molecule has 0 heterocycles. The molecule has 0 spiro atoms. The number of hydrogen-bond donors (Lipinski definition) is 5. The SMILES string of the molecule is N[C@@H](CO)C(=O)N(c1ccc2ccccc2c1)[C@@H](COc1ccc2ccccc2c1)C(=O)O.N[C@@H](COCc1ccccc1)C(=O)O. The summed E-state index contributed by atoms with van der Waals surface area (Å²) in [6, 6.07) is 31.9. The zero-order valence-electron chi connectivity index (χ0n) is 25.5. The Balaban J connectivity index is 0.000000300. The lowest BCUT2D eigenvalue weighted by Crippen LogP contribution is -2.55. The molecule has 0 fully saturated rings. The topological polar surface area (TPSA) is 186 Å². The summed E-state index contributed by atoms with van der Waals surface area (Å²) in [5, 5.41) is 31.7. The van der Waals surface area contributed by atoms with Gasteiger partial charge in [0.2, 0.25) is 5.91 Å². The number of fused-ring (bicyclic) bond motifs is 2. The number of carboxylic acid groups (broad SMARTS) is 2. The Morgan fingerprint density at radius 3 is 1.83 bits per heavy atom. The first kappa shape index (κ1) is 34.5. The maximum Gasteiger partial charge on any atom is 0.330 e. The third kappa shape index (κ3) is 9.58. The van der Waals surface area contributed by atoms with E-state index in [4.69, 9.17) is 26.0 Å². The van der Waals surface area contributed by atoms with Gasteiger partial charge in [0.1, 0.15) is 24.4 Å². The summed E-state index contributed by atoms with van der Waals surface area (Å²) < 4.78 is 10.9. The number of nitrogens with two attached hydrogens (primary N) is 2. The molecule has 1 amide bonds. The van der Waals surface area contributed by atoms with Gasteiger partial charge in [-0.05, 0) is 51.4 Å². The molecule has 0 aliphatic carbocycles. The number of aliphatic carboxylic acids is 2. The lowest BCUT2D eigenvalue weighted by Gasteiger charge is -2.31. The fraction of sp³-hybridized carbons (Fsp3) is 0.194. The molecular formula is C36H37N3O8. The first-order valence-electron chi connectivity index (χ1n) is 14.8. The Bertz CT molecular complexity index is 1800. The average Bonchev–Trinajstić information content (AvgIpc) is 3.09. The van der Waals surface area contributed by atoms with Gasteiger partial charge < -0.3 is 36.3 Å². The Kier molecular flexibility index (Phi) is 12.4. The van der Waals surface area contributed by atoms with E-state index >= 15 is 0 Å². The van der Waals surface area contributed by atoms with Crippen LogP contribution >= 0.6 is 0 Å². The molecule has 0 unspecified atom stereocenters. The van der Waals surface area contributed by atoms with Crippen molar-refractivity contribution in [3.8, 4) is 5.75 Å². The molecule has 7 N–H and O–H groups in total. The highest BCUT2D eigenvalue weighted by atomic mass is 16.5. The fourth-order valence-electron chi connectivity index (χ4n) is 4.68. The third-order valence-electron chi connectivity index (χ3n) is 7.21. The van der Waals surface area contributed by atoms with Gasteiger partial charge >= 0.3 is 11.9 Å². The van der Waals surface area contributed by atoms with Crippen LogP contribution in [0.5, 0.6) is 5.75 Å². The Morgan fingerprint density at radius 2 is 1.23 bits per heavy atom. The van der Waals surface area contributed by atoms with Gasteiger partial charge in [-0.2, -0.15) is 0 Å². The van der Waals surface area contributed by atoms with E-state index in [2.05, 4.69) is 0 Å². The minimum atomic E-state index is -1.36. The second-order valence-electron chi connectivity index (χ2n) is 10.6. The summed E-state index contributed by atoms with van der Waals surface area (Å²) in [6.45, 7) is -0.489. The first-order valence-corrected chi connectivity index (χ1v) is 14.8. The van der Waals surface area contributed by atoms with Gasteiger partial charge in [-0.15, -0.1) is 0 Å². The number of carbonyl (C=O) groups excluding carboxylic acids is 1. The summed E-state index contributed by atoms with van der Waals surface area (Å²) in [7, 11) is 0. The first-order chi connectivity index (χ1) is 22.7. The van der Waals surface area contributed by atoms with Gasteiger partial charge in [-0.3, -0.25) is 14.5 Å². The van der Waals surface area contributed by atoms with Gasteiger partial charge in [0.15, 0.2) is 6.04 Å². The molecule has 0 saturated carbocycles.